The Morgan fingerprint density at radius 2 is 2.18 bits per heavy atom. The zero-order valence-corrected chi connectivity index (χ0v) is 16.5. The van der Waals surface area contributed by atoms with Gasteiger partial charge in [-0.3, -0.25) is 4.79 Å². The Balaban J connectivity index is 1.70. The number of benzene rings is 1. The van der Waals surface area contributed by atoms with Gasteiger partial charge in [0, 0.05) is 22.9 Å². The normalized spacial score (nSPS) is 30.9. The smallest absolute Gasteiger partial charge is 0.283 e. The molecule has 7 heteroatoms. The SMILES string of the molecule is CC(C)(C)C(=O)N[C@H]1CC[C@@H]2Oc3ccc(C#N)cc3C3(COC(N)=N3)[C@H]2C1. The first kappa shape index (κ1) is 18.6. The van der Waals surface area contributed by atoms with Crippen LogP contribution in [0.2, 0.25) is 0 Å². The van der Waals surface area contributed by atoms with Crippen LogP contribution < -0.4 is 15.8 Å². The molecule has 0 aromatic heterocycles. The van der Waals surface area contributed by atoms with Gasteiger partial charge in [-0.15, -0.1) is 0 Å². The molecule has 1 unspecified atom stereocenters. The fourth-order valence-electron chi connectivity index (χ4n) is 4.50. The molecule has 1 spiro atoms. The van der Waals surface area contributed by atoms with Gasteiger partial charge in [-0.2, -0.15) is 5.26 Å². The number of nitriles is 1. The third-order valence-electron chi connectivity index (χ3n) is 6.02. The number of fused-ring (bicyclic) bond motifs is 4. The molecule has 28 heavy (non-hydrogen) atoms. The Morgan fingerprint density at radius 3 is 2.82 bits per heavy atom. The molecule has 1 amide bonds. The average molecular weight is 382 g/mol. The topological polar surface area (TPSA) is 110 Å². The van der Waals surface area contributed by atoms with Crippen LogP contribution in [0.5, 0.6) is 5.75 Å². The van der Waals surface area contributed by atoms with Crippen LogP contribution in [0.25, 0.3) is 0 Å². The lowest BCUT2D eigenvalue weighted by Crippen LogP contribution is -2.55. The van der Waals surface area contributed by atoms with Crippen molar-refractivity contribution in [1.29, 1.82) is 5.26 Å². The first-order valence-corrected chi connectivity index (χ1v) is 9.73. The van der Waals surface area contributed by atoms with Crippen molar-refractivity contribution < 1.29 is 14.3 Å². The molecule has 148 valence electrons. The van der Waals surface area contributed by atoms with E-state index in [2.05, 4.69) is 11.4 Å². The molecule has 4 rings (SSSR count). The summed E-state index contributed by atoms with van der Waals surface area (Å²) < 4.78 is 11.9. The van der Waals surface area contributed by atoms with Crippen molar-refractivity contribution in [2.45, 2.75) is 57.7 Å². The third-order valence-corrected chi connectivity index (χ3v) is 6.02. The highest BCUT2D eigenvalue weighted by Gasteiger charge is 2.55. The minimum Gasteiger partial charge on any atom is -0.490 e. The predicted molar refractivity (Wildman–Crippen MR) is 104 cm³/mol. The molecule has 2 aliphatic heterocycles. The van der Waals surface area contributed by atoms with Crippen LogP contribution in [0, 0.1) is 22.7 Å². The van der Waals surface area contributed by atoms with E-state index in [0.29, 0.717) is 12.2 Å². The molecule has 0 bridgehead atoms. The van der Waals surface area contributed by atoms with Crippen LogP contribution in [0.3, 0.4) is 0 Å². The molecule has 1 saturated carbocycles. The highest BCUT2D eigenvalue weighted by Crippen LogP contribution is 2.52. The van der Waals surface area contributed by atoms with Crippen LogP contribution >= 0.6 is 0 Å². The Hall–Kier alpha value is -2.75. The van der Waals surface area contributed by atoms with Gasteiger partial charge in [-0.1, -0.05) is 20.8 Å². The van der Waals surface area contributed by atoms with Crippen molar-refractivity contribution in [3.63, 3.8) is 0 Å². The van der Waals surface area contributed by atoms with E-state index >= 15 is 0 Å². The van der Waals surface area contributed by atoms with Gasteiger partial charge in [0.1, 0.15) is 24.0 Å². The summed E-state index contributed by atoms with van der Waals surface area (Å²) in [6.07, 6.45) is 2.37. The average Bonchev–Trinajstić information content (AvgIpc) is 3.04. The van der Waals surface area contributed by atoms with Gasteiger partial charge in [0.2, 0.25) is 5.91 Å². The summed E-state index contributed by atoms with van der Waals surface area (Å²) in [6.45, 7) is 6.06. The molecule has 0 saturated heterocycles. The summed E-state index contributed by atoms with van der Waals surface area (Å²) in [5, 5.41) is 12.5. The van der Waals surface area contributed by atoms with E-state index in [9.17, 15) is 10.1 Å². The number of rotatable bonds is 1. The quantitative estimate of drug-likeness (QED) is 0.774. The number of amides is 1. The minimum absolute atomic E-state index is 0.00834. The lowest BCUT2D eigenvalue weighted by Gasteiger charge is -2.48. The van der Waals surface area contributed by atoms with E-state index in [4.69, 9.17) is 20.2 Å². The summed E-state index contributed by atoms with van der Waals surface area (Å²) in [5.41, 5.74) is 6.19. The number of carbonyl (C=O) groups excluding carboxylic acids is 1. The number of hydrogen-bond donors (Lipinski definition) is 2. The second kappa shape index (κ2) is 6.40. The van der Waals surface area contributed by atoms with Gasteiger partial charge >= 0.3 is 0 Å². The standard InChI is InChI=1S/C21H26N4O3/c1-20(2,3)18(26)24-13-5-7-17-15(9-13)21(11-27-19(23)25-21)14-8-12(10-22)4-6-16(14)28-17/h4,6,8,13,15,17H,5,7,9,11H2,1-3H3,(H2,23,25)(H,24,26)/t13-,15-,17-,21?/m0/s1. The first-order valence-electron chi connectivity index (χ1n) is 9.73. The Morgan fingerprint density at radius 1 is 1.39 bits per heavy atom. The molecule has 1 aromatic carbocycles. The number of carbonyl (C=O) groups is 1. The Labute approximate surface area is 164 Å². The zero-order chi connectivity index (χ0) is 20.1. The molecular formula is C21H26N4O3. The molecule has 1 aromatic rings. The van der Waals surface area contributed by atoms with Crippen molar-refractivity contribution in [3.05, 3.63) is 29.3 Å². The molecule has 1 fully saturated rings. The van der Waals surface area contributed by atoms with Crippen LogP contribution in [0.4, 0.5) is 0 Å². The molecule has 1 aliphatic carbocycles. The molecular weight excluding hydrogens is 356 g/mol. The highest BCUT2D eigenvalue weighted by atomic mass is 16.5. The molecule has 3 aliphatic rings. The van der Waals surface area contributed by atoms with Gasteiger partial charge in [-0.05, 0) is 37.5 Å². The number of hydrogen-bond acceptors (Lipinski definition) is 6. The van der Waals surface area contributed by atoms with Crippen molar-refractivity contribution >= 4 is 11.9 Å². The predicted octanol–water partition coefficient (Wildman–Crippen LogP) is 2.19. The maximum Gasteiger partial charge on any atom is 0.283 e. The lowest BCUT2D eigenvalue weighted by atomic mass is 9.67. The number of aliphatic imine (C=N–C) groups is 1. The molecule has 2 heterocycles. The molecule has 3 N–H and O–H groups in total. The van der Waals surface area contributed by atoms with Crippen molar-refractivity contribution in [2.75, 3.05) is 6.61 Å². The second-order valence-corrected chi connectivity index (χ2v) is 8.98. The van der Waals surface area contributed by atoms with E-state index in [1.165, 1.54) is 0 Å². The van der Waals surface area contributed by atoms with Crippen LogP contribution in [-0.4, -0.2) is 30.7 Å². The van der Waals surface area contributed by atoms with Crippen LogP contribution in [0.15, 0.2) is 23.2 Å². The van der Waals surface area contributed by atoms with Gasteiger partial charge in [0.25, 0.3) is 6.02 Å². The van der Waals surface area contributed by atoms with Crippen LogP contribution in [0.1, 0.15) is 51.2 Å². The lowest BCUT2D eigenvalue weighted by molar-refractivity contribution is -0.130. The second-order valence-electron chi connectivity index (χ2n) is 8.98. The maximum absolute atomic E-state index is 12.5. The van der Waals surface area contributed by atoms with E-state index in [0.717, 1.165) is 30.6 Å². The summed E-state index contributed by atoms with van der Waals surface area (Å²) >= 11 is 0. The Bertz CT molecular complexity index is 883. The third kappa shape index (κ3) is 2.97. The first-order chi connectivity index (χ1) is 13.2. The zero-order valence-electron chi connectivity index (χ0n) is 16.5. The minimum atomic E-state index is -0.680. The Kier molecular flexibility index (Phi) is 4.25. The van der Waals surface area contributed by atoms with Crippen molar-refractivity contribution in [2.24, 2.45) is 22.1 Å². The number of ether oxygens (including phenoxy) is 2. The summed E-state index contributed by atoms with van der Waals surface area (Å²) in [6, 6.07) is 7.81. The molecule has 7 nitrogen and oxygen atoms in total. The fraction of sp³-hybridized carbons (Fsp3) is 0.571. The van der Waals surface area contributed by atoms with Gasteiger partial charge < -0.3 is 20.5 Å². The van der Waals surface area contributed by atoms with Crippen LogP contribution in [-0.2, 0) is 15.1 Å². The van der Waals surface area contributed by atoms with Crippen molar-refractivity contribution in [3.8, 4) is 11.8 Å². The number of nitrogens with two attached hydrogens (primary N) is 1. The highest BCUT2D eigenvalue weighted by molar-refractivity contribution is 5.81. The summed E-state index contributed by atoms with van der Waals surface area (Å²) in [4.78, 5) is 17.2. The van der Waals surface area contributed by atoms with E-state index in [1.54, 1.807) is 6.07 Å². The van der Waals surface area contributed by atoms with E-state index < -0.39 is 11.0 Å². The van der Waals surface area contributed by atoms with Gasteiger partial charge in [0.05, 0.1) is 11.6 Å². The maximum atomic E-state index is 12.5. The largest absolute Gasteiger partial charge is 0.490 e. The summed E-state index contributed by atoms with van der Waals surface area (Å²) in [7, 11) is 0. The number of nitrogens with zero attached hydrogens (tertiary/aromatic N) is 2. The van der Waals surface area contributed by atoms with E-state index in [1.807, 2.05) is 32.9 Å². The fourth-order valence-corrected chi connectivity index (χ4v) is 4.50. The van der Waals surface area contributed by atoms with E-state index in [-0.39, 0.29) is 30.0 Å². The number of nitrogens with one attached hydrogen (secondary N) is 1. The molecule has 0 radical (unpaired) electrons. The number of amidine groups is 1. The molecule has 4 atom stereocenters. The van der Waals surface area contributed by atoms with Gasteiger partial charge in [-0.25, -0.2) is 4.99 Å². The van der Waals surface area contributed by atoms with Gasteiger partial charge in [0.15, 0.2) is 0 Å². The monoisotopic (exact) mass is 382 g/mol. The van der Waals surface area contributed by atoms with Crippen molar-refractivity contribution in [1.82, 2.24) is 5.32 Å². The summed E-state index contributed by atoms with van der Waals surface area (Å²) in [5.74, 6) is 0.785.